The number of hydrogen-bond donors (Lipinski definition) is 1. The second-order valence-electron chi connectivity index (χ2n) is 4.63. The fraction of sp³-hybridized carbons (Fsp3) is 0.429. The minimum atomic E-state index is 0.517. The quantitative estimate of drug-likeness (QED) is 0.858. The summed E-state index contributed by atoms with van der Waals surface area (Å²) in [5, 5.41) is 4.70. The van der Waals surface area contributed by atoms with Crippen LogP contribution in [0.15, 0.2) is 30.5 Å². The number of ether oxygens (including phenoxy) is 1. The Bertz CT molecular complexity index is 488. The number of nitrogens with zero attached hydrogens (tertiary/aromatic N) is 1. The Hall–Kier alpha value is -1.32. The molecule has 1 heterocycles. The molecule has 17 heavy (non-hydrogen) atoms. The Morgan fingerprint density at radius 1 is 1.29 bits per heavy atom. The fourth-order valence-electron chi connectivity index (χ4n) is 1.93. The molecule has 0 saturated carbocycles. The predicted molar refractivity (Wildman–Crippen MR) is 70.9 cm³/mol. The highest BCUT2D eigenvalue weighted by Gasteiger charge is 2.02. The zero-order valence-electron chi connectivity index (χ0n) is 10.7. The summed E-state index contributed by atoms with van der Waals surface area (Å²) in [7, 11) is 1.72. The molecule has 0 atom stereocenters. The van der Waals surface area contributed by atoms with Gasteiger partial charge in [-0.3, -0.25) is 0 Å². The van der Waals surface area contributed by atoms with Crippen LogP contribution in [0.3, 0.4) is 0 Å². The number of hydrogen-bond acceptors (Lipinski definition) is 2. The molecule has 1 N–H and O–H groups in total. The molecular formula is C14H20N2O. The van der Waals surface area contributed by atoms with Gasteiger partial charge >= 0.3 is 0 Å². The van der Waals surface area contributed by atoms with E-state index in [1.54, 1.807) is 7.11 Å². The lowest BCUT2D eigenvalue weighted by Crippen LogP contribution is -2.21. The van der Waals surface area contributed by atoms with Crippen LogP contribution < -0.4 is 5.32 Å². The lowest BCUT2D eigenvalue weighted by Gasteiger charge is -2.08. The van der Waals surface area contributed by atoms with E-state index in [4.69, 9.17) is 4.74 Å². The normalized spacial score (nSPS) is 11.5. The molecule has 3 heteroatoms. The summed E-state index contributed by atoms with van der Waals surface area (Å²) in [4.78, 5) is 0. The van der Waals surface area contributed by atoms with E-state index >= 15 is 0 Å². The van der Waals surface area contributed by atoms with Gasteiger partial charge in [-0.05, 0) is 29.1 Å². The predicted octanol–water partition coefficient (Wildman–Crippen LogP) is 2.74. The minimum absolute atomic E-state index is 0.517. The topological polar surface area (TPSA) is 26.2 Å². The first-order valence-corrected chi connectivity index (χ1v) is 6.01. The molecule has 0 aliphatic rings. The molecule has 1 aromatic carbocycles. The zero-order valence-corrected chi connectivity index (χ0v) is 10.7. The maximum atomic E-state index is 5.15. The van der Waals surface area contributed by atoms with E-state index < -0.39 is 0 Å². The lowest BCUT2D eigenvalue weighted by atomic mass is 10.1. The van der Waals surface area contributed by atoms with Crippen molar-refractivity contribution in [2.45, 2.75) is 33.2 Å². The van der Waals surface area contributed by atoms with Crippen molar-refractivity contribution < 1.29 is 4.74 Å². The molecule has 3 nitrogen and oxygen atoms in total. The highest BCUT2D eigenvalue weighted by atomic mass is 16.5. The highest BCUT2D eigenvalue weighted by molar-refractivity contribution is 5.80. The van der Waals surface area contributed by atoms with Gasteiger partial charge in [0, 0.05) is 31.4 Å². The summed E-state index contributed by atoms with van der Waals surface area (Å²) < 4.78 is 7.26. The number of rotatable bonds is 5. The first-order valence-electron chi connectivity index (χ1n) is 6.01. The third kappa shape index (κ3) is 2.87. The van der Waals surface area contributed by atoms with E-state index in [1.807, 2.05) is 0 Å². The van der Waals surface area contributed by atoms with Crippen LogP contribution in [-0.4, -0.2) is 17.7 Å². The van der Waals surface area contributed by atoms with Crippen molar-refractivity contribution in [2.75, 3.05) is 7.11 Å². The van der Waals surface area contributed by atoms with E-state index in [0.29, 0.717) is 12.8 Å². The van der Waals surface area contributed by atoms with E-state index in [9.17, 15) is 0 Å². The van der Waals surface area contributed by atoms with Crippen LogP contribution in [-0.2, 0) is 18.0 Å². The number of nitrogens with one attached hydrogen (secondary N) is 1. The van der Waals surface area contributed by atoms with Crippen molar-refractivity contribution in [2.24, 2.45) is 0 Å². The number of methoxy groups -OCH3 is 1. The summed E-state index contributed by atoms with van der Waals surface area (Å²) in [6.45, 7) is 5.84. The first-order chi connectivity index (χ1) is 8.20. The van der Waals surface area contributed by atoms with Crippen LogP contribution in [0.1, 0.15) is 19.4 Å². The average molecular weight is 232 g/mol. The molecule has 0 aliphatic heterocycles. The van der Waals surface area contributed by atoms with Gasteiger partial charge in [0.05, 0.1) is 0 Å². The Morgan fingerprint density at radius 3 is 2.82 bits per heavy atom. The third-order valence-electron chi connectivity index (χ3n) is 2.82. The number of aromatic nitrogens is 1. The van der Waals surface area contributed by atoms with Crippen LogP contribution in [0, 0.1) is 0 Å². The van der Waals surface area contributed by atoms with Crippen molar-refractivity contribution in [3.63, 3.8) is 0 Å². The molecule has 0 spiro atoms. The summed E-state index contributed by atoms with van der Waals surface area (Å²) in [6.07, 6.45) is 2.06. The number of fused-ring (bicyclic) bond motifs is 1. The Labute approximate surface area is 102 Å². The van der Waals surface area contributed by atoms with Gasteiger partial charge in [-0.15, -0.1) is 0 Å². The van der Waals surface area contributed by atoms with E-state index in [1.165, 1.54) is 16.5 Å². The van der Waals surface area contributed by atoms with Gasteiger partial charge in [-0.25, -0.2) is 0 Å². The van der Waals surface area contributed by atoms with Gasteiger partial charge in [-0.1, -0.05) is 19.9 Å². The molecule has 2 aromatic rings. The maximum absolute atomic E-state index is 5.15. The maximum Gasteiger partial charge on any atom is 0.122 e. The standard InChI is InChI=1S/C14H20N2O/c1-11(2)15-9-12-4-5-14-13(8-12)6-7-16(14)10-17-3/h4-8,11,15H,9-10H2,1-3H3. The number of benzene rings is 1. The molecule has 0 aliphatic carbocycles. The molecule has 0 radical (unpaired) electrons. The molecule has 2 rings (SSSR count). The van der Waals surface area contributed by atoms with Gasteiger partial charge < -0.3 is 14.6 Å². The van der Waals surface area contributed by atoms with Crippen molar-refractivity contribution in [3.8, 4) is 0 Å². The van der Waals surface area contributed by atoms with Gasteiger partial charge in [0.15, 0.2) is 0 Å². The van der Waals surface area contributed by atoms with Gasteiger partial charge in [0.1, 0.15) is 6.73 Å². The zero-order chi connectivity index (χ0) is 12.3. The average Bonchev–Trinajstić information content (AvgIpc) is 2.70. The molecule has 92 valence electrons. The van der Waals surface area contributed by atoms with Crippen molar-refractivity contribution in [1.29, 1.82) is 0 Å². The molecule has 0 bridgehead atoms. The van der Waals surface area contributed by atoms with Crippen LogP contribution in [0.2, 0.25) is 0 Å². The Kier molecular flexibility index (Phi) is 3.82. The van der Waals surface area contributed by atoms with Gasteiger partial charge in [0.25, 0.3) is 0 Å². The molecule has 0 unspecified atom stereocenters. The van der Waals surface area contributed by atoms with E-state index in [2.05, 4.69) is 54.2 Å². The van der Waals surface area contributed by atoms with Crippen molar-refractivity contribution in [1.82, 2.24) is 9.88 Å². The molecule has 0 fully saturated rings. The van der Waals surface area contributed by atoms with Crippen LogP contribution in [0.25, 0.3) is 10.9 Å². The third-order valence-corrected chi connectivity index (χ3v) is 2.82. The fourth-order valence-corrected chi connectivity index (χ4v) is 1.93. The van der Waals surface area contributed by atoms with E-state index in [-0.39, 0.29) is 0 Å². The van der Waals surface area contributed by atoms with Gasteiger partial charge in [0.2, 0.25) is 0 Å². The second-order valence-corrected chi connectivity index (χ2v) is 4.63. The Balaban J connectivity index is 2.20. The second kappa shape index (κ2) is 5.34. The first kappa shape index (κ1) is 12.1. The lowest BCUT2D eigenvalue weighted by molar-refractivity contribution is 0.135. The molecular weight excluding hydrogens is 212 g/mol. The van der Waals surface area contributed by atoms with Crippen LogP contribution >= 0.6 is 0 Å². The molecule has 1 aromatic heterocycles. The Morgan fingerprint density at radius 2 is 2.12 bits per heavy atom. The van der Waals surface area contributed by atoms with E-state index in [0.717, 1.165) is 6.54 Å². The largest absolute Gasteiger partial charge is 0.364 e. The van der Waals surface area contributed by atoms with Crippen molar-refractivity contribution >= 4 is 10.9 Å². The monoisotopic (exact) mass is 232 g/mol. The van der Waals surface area contributed by atoms with Crippen LogP contribution in [0.5, 0.6) is 0 Å². The molecule has 0 saturated heterocycles. The minimum Gasteiger partial charge on any atom is -0.364 e. The summed E-state index contributed by atoms with van der Waals surface area (Å²) >= 11 is 0. The van der Waals surface area contributed by atoms with Crippen molar-refractivity contribution in [3.05, 3.63) is 36.0 Å². The summed E-state index contributed by atoms with van der Waals surface area (Å²) in [6, 6.07) is 9.21. The smallest absolute Gasteiger partial charge is 0.122 e. The molecule has 0 amide bonds. The van der Waals surface area contributed by atoms with Gasteiger partial charge in [-0.2, -0.15) is 0 Å². The van der Waals surface area contributed by atoms with Crippen LogP contribution in [0.4, 0.5) is 0 Å². The highest BCUT2D eigenvalue weighted by Crippen LogP contribution is 2.17. The SMILES string of the molecule is COCn1ccc2cc(CNC(C)C)ccc21. The summed E-state index contributed by atoms with van der Waals surface area (Å²) in [5.41, 5.74) is 2.54. The summed E-state index contributed by atoms with van der Waals surface area (Å²) in [5.74, 6) is 0.